The van der Waals surface area contributed by atoms with E-state index in [0.717, 1.165) is 19.5 Å². The molecular weight excluding hydrogens is 406 g/mol. The molecule has 4 rings (SSSR count). The Bertz CT molecular complexity index is 1040. The van der Waals surface area contributed by atoms with Crippen LogP contribution in [0.5, 0.6) is 11.5 Å². The predicted molar refractivity (Wildman–Crippen MR) is 121 cm³/mol. The number of rotatable bonds is 6. The fourth-order valence-corrected chi connectivity index (χ4v) is 4.75. The van der Waals surface area contributed by atoms with Crippen molar-refractivity contribution in [2.45, 2.75) is 26.8 Å². The molecule has 3 heterocycles. The van der Waals surface area contributed by atoms with Crippen molar-refractivity contribution >= 4 is 17.4 Å². The predicted octanol–water partition coefficient (Wildman–Crippen LogP) is 3.36. The average Bonchev–Trinajstić information content (AvgIpc) is 3.03. The van der Waals surface area contributed by atoms with Gasteiger partial charge >= 0.3 is 0 Å². The maximum absolute atomic E-state index is 13.6. The molecule has 168 valence electrons. The molecule has 0 radical (unpaired) electrons. The molecule has 2 aliphatic rings. The maximum atomic E-state index is 13.6. The van der Waals surface area contributed by atoms with Crippen molar-refractivity contribution in [1.29, 1.82) is 0 Å². The number of pyridine rings is 1. The van der Waals surface area contributed by atoms with Gasteiger partial charge in [0.25, 0.3) is 11.8 Å². The number of aromatic nitrogens is 1. The second-order valence-electron chi connectivity index (χ2n) is 8.66. The molecule has 7 heteroatoms. The van der Waals surface area contributed by atoms with Crippen LogP contribution in [0.2, 0.25) is 0 Å². The Kier molecular flexibility index (Phi) is 6.17. The SMILES string of the molecule is COc1ccc(C2=C(N3CC(C)CC(C)C3)C(=O)N(Cc3ccccn3)C2=O)cc1OC. The summed E-state index contributed by atoms with van der Waals surface area (Å²) in [6, 6.07) is 10.8. The molecule has 0 aliphatic carbocycles. The van der Waals surface area contributed by atoms with E-state index in [-0.39, 0.29) is 18.4 Å². The van der Waals surface area contributed by atoms with Crippen LogP contribution in [-0.2, 0) is 16.1 Å². The maximum Gasteiger partial charge on any atom is 0.278 e. The van der Waals surface area contributed by atoms with Gasteiger partial charge in [0.1, 0.15) is 5.70 Å². The summed E-state index contributed by atoms with van der Waals surface area (Å²) in [7, 11) is 3.12. The molecule has 2 unspecified atom stereocenters. The van der Waals surface area contributed by atoms with Gasteiger partial charge in [-0.3, -0.25) is 19.5 Å². The number of hydrogen-bond donors (Lipinski definition) is 0. The van der Waals surface area contributed by atoms with Crippen LogP contribution in [0.15, 0.2) is 48.3 Å². The van der Waals surface area contributed by atoms with Gasteiger partial charge in [0.15, 0.2) is 11.5 Å². The van der Waals surface area contributed by atoms with E-state index >= 15 is 0 Å². The van der Waals surface area contributed by atoms with Crippen LogP contribution in [0.3, 0.4) is 0 Å². The largest absolute Gasteiger partial charge is 0.493 e. The second kappa shape index (κ2) is 9.02. The fraction of sp³-hybridized carbons (Fsp3) is 0.400. The standard InChI is InChI=1S/C25H29N3O4/c1-16-11-17(2)14-27(13-16)23-22(18-8-9-20(31-3)21(12-18)32-4)24(29)28(25(23)30)15-19-7-5-6-10-26-19/h5-10,12,16-17H,11,13-15H2,1-4H3. The average molecular weight is 436 g/mol. The van der Waals surface area contributed by atoms with Crippen molar-refractivity contribution in [3.8, 4) is 11.5 Å². The summed E-state index contributed by atoms with van der Waals surface area (Å²) in [4.78, 5) is 34.9. The Labute approximate surface area is 188 Å². The van der Waals surface area contributed by atoms with E-state index < -0.39 is 0 Å². The van der Waals surface area contributed by atoms with Crippen LogP contribution in [0.25, 0.3) is 5.57 Å². The van der Waals surface area contributed by atoms with Crippen molar-refractivity contribution in [3.05, 3.63) is 59.5 Å². The Morgan fingerprint density at radius 2 is 1.69 bits per heavy atom. The van der Waals surface area contributed by atoms with E-state index in [1.165, 1.54) is 4.90 Å². The zero-order chi connectivity index (χ0) is 22.8. The van der Waals surface area contributed by atoms with E-state index in [0.29, 0.717) is 45.9 Å². The zero-order valence-electron chi connectivity index (χ0n) is 19.0. The Morgan fingerprint density at radius 3 is 2.31 bits per heavy atom. The Balaban J connectivity index is 1.79. The number of hydrogen-bond acceptors (Lipinski definition) is 6. The molecule has 2 aromatic rings. The van der Waals surface area contributed by atoms with Gasteiger partial charge in [-0.15, -0.1) is 0 Å². The summed E-state index contributed by atoms with van der Waals surface area (Å²) < 4.78 is 10.8. The van der Waals surface area contributed by atoms with Crippen LogP contribution in [-0.4, -0.2) is 53.9 Å². The normalized spacial score (nSPS) is 21.4. The number of nitrogens with zero attached hydrogens (tertiary/aromatic N) is 3. The third kappa shape index (κ3) is 4.07. The number of imide groups is 1. The number of carbonyl (C=O) groups excluding carboxylic acids is 2. The molecule has 1 saturated heterocycles. The highest BCUT2D eigenvalue weighted by atomic mass is 16.5. The summed E-state index contributed by atoms with van der Waals surface area (Å²) in [5.74, 6) is 1.37. The summed E-state index contributed by atoms with van der Waals surface area (Å²) in [5.41, 5.74) is 2.19. The zero-order valence-corrected chi connectivity index (χ0v) is 19.0. The van der Waals surface area contributed by atoms with E-state index in [1.54, 1.807) is 32.5 Å². The summed E-state index contributed by atoms with van der Waals surface area (Å²) in [5, 5.41) is 0. The lowest BCUT2D eigenvalue weighted by Crippen LogP contribution is -2.41. The van der Waals surface area contributed by atoms with Gasteiger partial charge in [0.2, 0.25) is 0 Å². The van der Waals surface area contributed by atoms with E-state index in [9.17, 15) is 9.59 Å². The molecule has 7 nitrogen and oxygen atoms in total. The van der Waals surface area contributed by atoms with Crippen LogP contribution in [0.1, 0.15) is 31.5 Å². The topological polar surface area (TPSA) is 72.0 Å². The van der Waals surface area contributed by atoms with Gasteiger partial charge in [-0.2, -0.15) is 0 Å². The fourth-order valence-electron chi connectivity index (χ4n) is 4.75. The third-order valence-electron chi connectivity index (χ3n) is 6.05. The second-order valence-corrected chi connectivity index (χ2v) is 8.66. The lowest BCUT2D eigenvalue weighted by atomic mass is 9.91. The molecule has 0 spiro atoms. The minimum Gasteiger partial charge on any atom is -0.493 e. The molecule has 1 aromatic heterocycles. The first-order chi connectivity index (χ1) is 15.4. The summed E-state index contributed by atoms with van der Waals surface area (Å²) in [6.07, 6.45) is 2.77. The van der Waals surface area contributed by atoms with Crippen molar-refractivity contribution in [3.63, 3.8) is 0 Å². The third-order valence-corrected chi connectivity index (χ3v) is 6.05. The molecule has 0 saturated carbocycles. The minimum absolute atomic E-state index is 0.137. The van der Waals surface area contributed by atoms with Crippen LogP contribution >= 0.6 is 0 Å². The number of piperidine rings is 1. The molecule has 2 atom stereocenters. The number of methoxy groups -OCH3 is 2. The highest BCUT2D eigenvalue weighted by Crippen LogP contribution is 2.38. The van der Waals surface area contributed by atoms with Crippen LogP contribution < -0.4 is 9.47 Å². The molecule has 0 N–H and O–H groups in total. The highest BCUT2D eigenvalue weighted by molar-refractivity contribution is 6.35. The first kappa shape index (κ1) is 21.9. The summed E-state index contributed by atoms with van der Waals surface area (Å²) >= 11 is 0. The van der Waals surface area contributed by atoms with Crippen molar-refractivity contribution < 1.29 is 19.1 Å². The quantitative estimate of drug-likeness (QED) is 0.648. The molecule has 1 fully saturated rings. The number of amides is 2. The summed E-state index contributed by atoms with van der Waals surface area (Å²) in [6.45, 7) is 6.00. The number of likely N-dealkylation sites (tertiary alicyclic amines) is 1. The molecule has 2 amide bonds. The Morgan fingerprint density at radius 1 is 0.969 bits per heavy atom. The Hall–Kier alpha value is -3.35. The van der Waals surface area contributed by atoms with E-state index in [4.69, 9.17) is 9.47 Å². The lowest BCUT2D eigenvalue weighted by molar-refractivity contribution is -0.138. The van der Waals surface area contributed by atoms with Gasteiger partial charge in [-0.05, 0) is 48.1 Å². The number of ether oxygens (including phenoxy) is 2. The monoisotopic (exact) mass is 435 g/mol. The molecule has 0 bridgehead atoms. The number of carbonyl (C=O) groups is 2. The van der Waals surface area contributed by atoms with Gasteiger partial charge in [-0.25, -0.2) is 0 Å². The van der Waals surface area contributed by atoms with Crippen molar-refractivity contribution in [2.75, 3.05) is 27.3 Å². The minimum atomic E-state index is -0.311. The van der Waals surface area contributed by atoms with Gasteiger partial charge < -0.3 is 14.4 Å². The van der Waals surface area contributed by atoms with Crippen molar-refractivity contribution in [1.82, 2.24) is 14.8 Å². The van der Waals surface area contributed by atoms with Crippen LogP contribution in [0.4, 0.5) is 0 Å². The molecule has 1 aromatic carbocycles. The van der Waals surface area contributed by atoms with Gasteiger partial charge in [0.05, 0.1) is 32.0 Å². The highest BCUT2D eigenvalue weighted by Gasteiger charge is 2.43. The molecule has 32 heavy (non-hydrogen) atoms. The van der Waals surface area contributed by atoms with Gasteiger partial charge in [-0.1, -0.05) is 26.0 Å². The molecule has 2 aliphatic heterocycles. The first-order valence-electron chi connectivity index (χ1n) is 10.9. The van der Waals surface area contributed by atoms with E-state index in [2.05, 4.69) is 23.7 Å². The smallest absolute Gasteiger partial charge is 0.278 e. The number of benzene rings is 1. The van der Waals surface area contributed by atoms with E-state index in [1.807, 2.05) is 24.3 Å². The van der Waals surface area contributed by atoms with Gasteiger partial charge in [0, 0.05) is 19.3 Å². The molecular formula is C25H29N3O4. The lowest BCUT2D eigenvalue weighted by Gasteiger charge is -2.37. The van der Waals surface area contributed by atoms with Crippen LogP contribution in [0, 0.1) is 11.8 Å². The first-order valence-corrected chi connectivity index (χ1v) is 10.9. The van der Waals surface area contributed by atoms with Crippen molar-refractivity contribution in [2.24, 2.45) is 11.8 Å².